The van der Waals surface area contributed by atoms with Crippen LogP contribution in [-0.4, -0.2) is 27.6 Å². The molecule has 0 spiro atoms. The minimum Gasteiger partial charge on any atom is -0.466 e. The van der Waals surface area contributed by atoms with E-state index < -0.39 is 17.4 Å². The SMILES string of the molecule is CC1(C(=O)Nc2nnc(-c3ccc(F)cc3)s2)Oc2ccccc2NC1=O. The predicted molar refractivity (Wildman–Crippen MR) is 98.0 cm³/mol. The molecule has 1 aliphatic heterocycles. The third kappa shape index (κ3) is 3.13. The minimum atomic E-state index is -1.75. The summed E-state index contributed by atoms with van der Waals surface area (Å²) in [6.07, 6.45) is 0. The molecule has 2 aromatic carbocycles. The highest BCUT2D eigenvalue weighted by molar-refractivity contribution is 7.18. The highest BCUT2D eigenvalue weighted by Crippen LogP contribution is 2.34. The Hall–Kier alpha value is -3.33. The van der Waals surface area contributed by atoms with Crippen LogP contribution in [-0.2, 0) is 9.59 Å². The number of hydrogen-bond donors (Lipinski definition) is 2. The Morgan fingerprint density at radius 1 is 1.19 bits per heavy atom. The summed E-state index contributed by atoms with van der Waals surface area (Å²) in [5, 5.41) is 13.8. The van der Waals surface area contributed by atoms with Crippen LogP contribution in [0.3, 0.4) is 0 Å². The van der Waals surface area contributed by atoms with Crippen molar-refractivity contribution in [3.8, 4) is 16.3 Å². The van der Waals surface area contributed by atoms with Crippen LogP contribution < -0.4 is 15.4 Å². The van der Waals surface area contributed by atoms with Crippen LogP contribution in [0.1, 0.15) is 6.92 Å². The molecule has 0 bridgehead atoms. The summed E-state index contributed by atoms with van der Waals surface area (Å²) in [6, 6.07) is 12.6. The maximum absolute atomic E-state index is 13.0. The number of nitrogens with one attached hydrogen (secondary N) is 2. The number of benzene rings is 2. The van der Waals surface area contributed by atoms with Gasteiger partial charge in [-0.25, -0.2) is 4.39 Å². The number of halogens is 1. The Morgan fingerprint density at radius 2 is 1.93 bits per heavy atom. The second-order valence-electron chi connectivity index (χ2n) is 5.96. The molecule has 1 unspecified atom stereocenters. The van der Waals surface area contributed by atoms with Crippen LogP contribution in [0.15, 0.2) is 48.5 Å². The topological polar surface area (TPSA) is 93.2 Å². The molecule has 136 valence electrons. The van der Waals surface area contributed by atoms with Gasteiger partial charge in [0.1, 0.15) is 16.6 Å². The number of amides is 2. The third-order valence-corrected chi connectivity index (χ3v) is 4.94. The van der Waals surface area contributed by atoms with E-state index in [-0.39, 0.29) is 10.9 Å². The summed E-state index contributed by atoms with van der Waals surface area (Å²) in [5.74, 6) is -1.21. The van der Waals surface area contributed by atoms with Crippen molar-refractivity contribution < 1.29 is 18.7 Å². The molecule has 0 saturated heterocycles. The highest BCUT2D eigenvalue weighted by Gasteiger charge is 2.47. The number of nitrogens with zero attached hydrogens (tertiary/aromatic N) is 2. The molecule has 0 radical (unpaired) electrons. The normalized spacial score (nSPS) is 18.2. The second-order valence-corrected chi connectivity index (χ2v) is 6.94. The standard InChI is InChI=1S/C18H13FN4O3S/c1-18(15(24)20-12-4-2-3-5-13(12)26-18)16(25)21-17-23-22-14(27-17)10-6-8-11(19)9-7-10/h2-9H,1H3,(H,20,24)(H,21,23,25). The lowest BCUT2D eigenvalue weighted by atomic mass is 10.0. The van der Waals surface area contributed by atoms with Gasteiger partial charge in [-0.15, -0.1) is 10.2 Å². The predicted octanol–water partition coefficient (Wildman–Crippen LogP) is 3.07. The Kier molecular flexibility index (Phi) is 4.08. The van der Waals surface area contributed by atoms with E-state index in [9.17, 15) is 14.0 Å². The Balaban J connectivity index is 1.54. The molecule has 7 nitrogen and oxygen atoms in total. The average Bonchev–Trinajstić information content (AvgIpc) is 3.11. The highest BCUT2D eigenvalue weighted by atomic mass is 32.1. The molecule has 4 rings (SSSR count). The van der Waals surface area contributed by atoms with Crippen LogP contribution in [0.25, 0.3) is 10.6 Å². The van der Waals surface area contributed by atoms with Crippen LogP contribution >= 0.6 is 11.3 Å². The van der Waals surface area contributed by atoms with E-state index in [4.69, 9.17) is 4.74 Å². The van der Waals surface area contributed by atoms with Crippen molar-refractivity contribution in [2.75, 3.05) is 10.6 Å². The van der Waals surface area contributed by atoms with Crippen molar-refractivity contribution in [3.63, 3.8) is 0 Å². The summed E-state index contributed by atoms with van der Waals surface area (Å²) in [5.41, 5.74) is -0.584. The van der Waals surface area contributed by atoms with Gasteiger partial charge < -0.3 is 10.1 Å². The first-order valence-electron chi connectivity index (χ1n) is 7.96. The number of anilines is 2. The molecule has 0 aliphatic carbocycles. The zero-order valence-electron chi connectivity index (χ0n) is 14.0. The summed E-state index contributed by atoms with van der Waals surface area (Å²) in [4.78, 5) is 25.1. The molecular formula is C18H13FN4O3S. The number of fused-ring (bicyclic) bond motifs is 1. The number of carbonyl (C=O) groups is 2. The zero-order chi connectivity index (χ0) is 19.0. The maximum Gasteiger partial charge on any atom is 0.280 e. The molecule has 2 heterocycles. The lowest BCUT2D eigenvalue weighted by Gasteiger charge is -2.32. The van der Waals surface area contributed by atoms with Gasteiger partial charge in [-0.2, -0.15) is 0 Å². The molecule has 0 saturated carbocycles. The van der Waals surface area contributed by atoms with Crippen LogP contribution in [0.4, 0.5) is 15.2 Å². The first-order chi connectivity index (χ1) is 13.0. The first-order valence-corrected chi connectivity index (χ1v) is 8.78. The maximum atomic E-state index is 13.0. The van der Waals surface area contributed by atoms with Crippen molar-refractivity contribution in [1.82, 2.24) is 10.2 Å². The van der Waals surface area contributed by atoms with E-state index in [0.717, 1.165) is 11.3 Å². The van der Waals surface area contributed by atoms with Crippen molar-refractivity contribution >= 4 is 34.0 Å². The Labute approximate surface area is 157 Å². The number of ether oxygens (including phenoxy) is 1. The molecule has 1 aromatic heterocycles. The van der Waals surface area contributed by atoms with Crippen molar-refractivity contribution in [1.29, 1.82) is 0 Å². The van der Waals surface area contributed by atoms with Gasteiger partial charge in [0.15, 0.2) is 0 Å². The van der Waals surface area contributed by atoms with Gasteiger partial charge in [-0.1, -0.05) is 23.5 Å². The molecule has 2 amide bonds. The number of carbonyl (C=O) groups excluding carboxylic acids is 2. The van der Waals surface area contributed by atoms with Gasteiger partial charge in [0, 0.05) is 5.56 Å². The lowest BCUT2D eigenvalue weighted by Crippen LogP contribution is -2.56. The number of rotatable bonds is 3. The smallest absolute Gasteiger partial charge is 0.280 e. The van der Waals surface area contributed by atoms with Crippen LogP contribution in [0.5, 0.6) is 5.75 Å². The first kappa shape index (κ1) is 17.1. The summed E-state index contributed by atoms with van der Waals surface area (Å²) in [6.45, 7) is 1.38. The second kappa shape index (κ2) is 6.44. The van der Waals surface area contributed by atoms with E-state index in [1.807, 2.05) is 0 Å². The fraction of sp³-hybridized carbons (Fsp3) is 0.111. The largest absolute Gasteiger partial charge is 0.466 e. The number of para-hydroxylation sites is 2. The van der Waals surface area contributed by atoms with Gasteiger partial charge in [-0.05, 0) is 43.3 Å². The zero-order valence-corrected chi connectivity index (χ0v) is 14.8. The van der Waals surface area contributed by atoms with E-state index in [2.05, 4.69) is 20.8 Å². The van der Waals surface area contributed by atoms with Crippen molar-refractivity contribution in [2.24, 2.45) is 0 Å². The lowest BCUT2D eigenvalue weighted by molar-refractivity contribution is -0.143. The van der Waals surface area contributed by atoms with E-state index in [0.29, 0.717) is 22.0 Å². The van der Waals surface area contributed by atoms with Crippen LogP contribution in [0, 0.1) is 5.82 Å². The van der Waals surface area contributed by atoms with Crippen molar-refractivity contribution in [2.45, 2.75) is 12.5 Å². The summed E-state index contributed by atoms with van der Waals surface area (Å²) in [7, 11) is 0. The molecule has 27 heavy (non-hydrogen) atoms. The third-order valence-electron chi connectivity index (χ3n) is 4.05. The number of aromatic nitrogens is 2. The van der Waals surface area contributed by atoms with Gasteiger partial charge in [0.05, 0.1) is 5.69 Å². The van der Waals surface area contributed by atoms with Gasteiger partial charge in [0.2, 0.25) is 5.13 Å². The van der Waals surface area contributed by atoms with Gasteiger partial charge in [-0.3, -0.25) is 14.9 Å². The molecule has 9 heteroatoms. The van der Waals surface area contributed by atoms with Gasteiger partial charge >= 0.3 is 0 Å². The minimum absolute atomic E-state index is 0.204. The summed E-state index contributed by atoms with van der Waals surface area (Å²) < 4.78 is 18.7. The fourth-order valence-electron chi connectivity index (χ4n) is 2.52. The molecule has 1 atom stereocenters. The molecule has 1 aliphatic rings. The Morgan fingerprint density at radius 3 is 2.70 bits per heavy atom. The fourth-order valence-corrected chi connectivity index (χ4v) is 3.26. The number of hydrogen-bond acceptors (Lipinski definition) is 6. The van der Waals surface area contributed by atoms with Crippen molar-refractivity contribution in [3.05, 3.63) is 54.3 Å². The van der Waals surface area contributed by atoms with E-state index in [1.165, 1.54) is 19.1 Å². The van der Waals surface area contributed by atoms with E-state index >= 15 is 0 Å². The molecule has 3 aromatic rings. The molecule has 2 N–H and O–H groups in total. The van der Waals surface area contributed by atoms with E-state index in [1.54, 1.807) is 36.4 Å². The molecule has 0 fully saturated rings. The quantitative estimate of drug-likeness (QED) is 0.677. The summed E-state index contributed by atoms with van der Waals surface area (Å²) >= 11 is 1.11. The average molecular weight is 384 g/mol. The van der Waals surface area contributed by atoms with Crippen LogP contribution in [0.2, 0.25) is 0 Å². The monoisotopic (exact) mass is 384 g/mol. The Bertz CT molecular complexity index is 1040. The van der Waals surface area contributed by atoms with Gasteiger partial charge in [0.25, 0.3) is 17.4 Å². The molecular weight excluding hydrogens is 371 g/mol.